The molecule has 0 radical (unpaired) electrons. The number of carboxylic acid groups (broad SMARTS) is 1. The molecule has 2 rings (SSSR count). The molecular formula is C8H7BrN4O3. The molecule has 0 fully saturated rings. The molecule has 0 aliphatic heterocycles. The largest absolute Gasteiger partial charge is 0.481 e. The predicted molar refractivity (Wildman–Crippen MR) is 57.4 cm³/mol. The Kier molecular flexibility index (Phi) is 2.50. The van der Waals surface area contributed by atoms with Crippen molar-refractivity contribution in [3.05, 3.63) is 26.3 Å². The number of nitrogens with one attached hydrogen (secondary N) is 1. The van der Waals surface area contributed by atoms with Crippen molar-refractivity contribution in [3.8, 4) is 0 Å². The molecule has 0 amide bonds. The van der Waals surface area contributed by atoms with Crippen LogP contribution in [0.2, 0.25) is 0 Å². The molecule has 0 unspecified atom stereocenters. The lowest BCUT2D eigenvalue weighted by Gasteiger charge is -1.96. The van der Waals surface area contributed by atoms with E-state index in [0.29, 0.717) is 10.2 Å². The number of hydrogen-bond donors (Lipinski definition) is 2. The fraction of sp³-hybridized carbons (Fsp3) is 0.250. The fourth-order valence-corrected chi connectivity index (χ4v) is 1.53. The van der Waals surface area contributed by atoms with Crippen LogP contribution in [0.5, 0.6) is 0 Å². The Balaban J connectivity index is 2.67. The summed E-state index contributed by atoms with van der Waals surface area (Å²) < 4.78 is 1.39. The second kappa shape index (κ2) is 3.71. The van der Waals surface area contributed by atoms with Crippen LogP contribution in [0.1, 0.15) is 11.5 Å². The number of aromatic nitrogens is 4. The van der Waals surface area contributed by atoms with Gasteiger partial charge < -0.3 is 10.1 Å². The molecule has 2 aromatic heterocycles. The van der Waals surface area contributed by atoms with Crippen molar-refractivity contribution in [2.75, 3.05) is 0 Å². The Labute approximate surface area is 97.3 Å². The van der Waals surface area contributed by atoms with Crippen molar-refractivity contribution >= 4 is 27.7 Å². The third-order valence-electron chi connectivity index (χ3n) is 1.97. The lowest BCUT2D eigenvalue weighted by molar-refractivity contribution is -0.136. The molecule has 0 aliphatic rings. The summed E-state index contributed by atoms with van der Waals surface area (Å²) in [4.78, 5) is 28.9. The highest BCUT2D eigenvalue weighted by Crippen LogP contribution is 2.08. The maximum absolute atomic E-state index is 11.7. The maximum atomic E-state index is 11.7. The first-order valence-electron chi connectivity index (χ1n) is 4.35. The highest BCUT2D eigenvalue weighted by Gasteiger charge is 2.12. The van der Waals surface area contributed by atoms with Crippen LogP contribution in [-0.4, -0.2) is 30.7 Å². The van der Waals surface area contributed by atoms with Crippen LogP contribution < -0.4 is 5.56 Å². The topological polar surface area (TPSA) is 100 Å². The molecule has 0 saturated carbocycles. The average molecular weight is 287 g/mol. The van der Waals surface area contributed by atoms with E-state index in [1.165, 1.54) is 0 Å². The Bertz CT molecular complexity index is 630. The molecule has 16 heavy (non-hydrogen) atoms. The van der Waals surface area contributed by atoms with Crippen LogP contribution in [0, 0.1) is 6.92 Å². The summed E-state index contributed by atoms with van der Waals surface area (Å²) in [6.07, 6.45) is -0.314. The Morgan fingerprint density at radius 3 is 2.94 bits per heavy atom. The van der Waals surface area contributed by atoms with E-state index in [9.17, 15) is 9.59 Å². The van der Waals surface area contributed by atoms with Crippen LogP contribution in [0.3, 0.4) is 0 Å². The molecule has 0 spiro atoms. The van der Waals surface area contributed by atoms with E-state index >= 15 is 0 Å². The number of nitrogens with zero attached hydrogens (tertiary/aromatic N) is 3. The lowest BCUT2D eigenvalue weighted by atomic mass is 10.4. The smallest absolute Gasteiger partial charge is 0.311 e. The molecule has 0 bridgehead atoms. The Morgan fingerprint density at radius 2 is 2.31 bits per heavy atom. The van der Waals surface area contributed by atoms with E-state index in [2.05, 4.69) is 31.0 Å². The number of carbonyl (C=O) groups is 1. The SMILES string of the molecule is Cc1[nH]c2nc(CC(=O)O)nn2c(=O)c1Br. The molecule has 2 heterocycles. The second-order valence-electron chi connectivity index (χ2n) is 3.20. The molecule has 0 aliphatic carbocycles. The van der Waals surface area contributed by atoms with Gasteiger partial charge in [-0.25, -0.2) is 0 Å². The number of fused-ring (bicyclic) bond motifs is 1. The second-order valence-corrected chi connectivity index (χ2v) is 4.00. The highest BCUT2D eigenvalue weighted by molar-refractivity contribution is 9.10. The van der Waals surface area contributed by atoms with Gasteiger partial charge in [-0.2, -0.15) is 9.50 Å². The number of H-pyrrole nitrogens is 1. The van der Waals surface area contributed by atoms with Gasteiger partial charge >= 0.3 is 5.97 Å². The molecular weight excluding hydrogens is 280 g/mol. The fourth-order valence-electron chi connectivity index (χ4n) is 1.26. The number of hydrogen-bond acceptors (Lipinski definition) is 4. The van der Waals surface area contributed by atoms with E-state index in [4.69, 9.17) is 5.11 Å². The van der Waals surface area contributed by atoms with Gasteiger partial charge in [0.2, 0.25) is 5.78 Å². The van der Waals surface area contributed by atoms with E-state index in [-0.39, 0.29) is 23.6 Å². The first-order chi connectivity index (χ1) is 7.49. The average Bonchev–Trinajstić information content (AvgIpc) is 2.56. The minimum atomic E-state index is -1.04. The monoisotopic (exact) mass is 286 g/mol. The van der Waals surface area contributed by atoms with Crippen LogP contribution in [-0.2, 0) is 11.2 Å². The van der Waals surface area contributed by atoms with Crippen molar-refractivity contribution in [2.45, 2.75) is 13.3 Å². The summed E-state index contributed by atoms with van der Waals surface area (Å²) in [5.74, 6) is -0.709. The van der Waals surface area contributed by atoms with Crippen LogP contribution in [0.25, 0.3) is 5.78 Å². The van der Waals surface area contributed by atoms with Gasteiger partial charge in [0.15, 0.2) is 5.82 Å². The molecule has 8 heteroatoms. The van der Waals surface area contributed by atoms with E-state index in [0.717, 1.165) is 4.52 Å². The standard InChI is InChI=1S/C8H7BrN4O3/c1-3-6(9)7(16)13-8(10-3)11-4(12-13)2-5(14)15/h2H2,1H3,(H,14,15)(H,10,11,12). The van der Waals surface area contributed by atoms with Gasteiger partial charge in [-0.05, 0) is 22.9 Å². The third kappa shape index (κ3) is 1.71. The lowest BCUT2D eigenvalue weighted by Crippen LogP contribution is -2.17. The van der Waals surface area contributed by atoms with Gasteiger partial charge in [0, 0.05) is 5.69 Å². The number of aryl methyl sites for hydroxylation is 1. The van der Waals surface area contributed by atoms with Gasteiger partial charge in [-0.15, -0.1) is 5.10 Å². The summed E-state index contributed by atoms with van der Waals surface area (Å²) in [6.45, 7) is 1.71. The van der Waals surface area contributed by atoms with E-state index < -0.39 is 5.97 Å². The van der Waals surface area contributed by atoms with Crippen molar-refractivity contribution in [1.29, 1.82) is 0 Å². The number of halogens is 1. The van der Waals surface area contributed by atoms with Crippen molar-refractivity contribution < 1.29 is 9.90 Å². The van der Waals surface area contributed by atoms with Crippen LogP contribution >= 0.6 is 15.9 Å². The van der Waals surface area contributed by atoms with Gasteiger partial charge in [0.25, 0.3) is 5.56 Å². The van der Waals surface area contributed by atoms with Gasteiger partial charge in [0.05, 0.1) is 0 Å². The summed E-state index contributed by atoms with van der Waals surface area (Å²) in [6, 6.07) is 0. The van der Waals surface area contributed by atoms with E-state index in [1.54, 1.807) is 6.92 Å². The number of aliphatic carboxylic acids is 1. The van der Waals surface area contributed by atoms with E-state index in [1.807, 2.05) is 0 Å². The van der Waals surface area contributed by atoms with Crippen LogP contribution in [0.15, 0.2) is 9.27 Å². The minimum Gasteiger partial charge on any atom is -0.481 e. The molecule has 2 N–H and O–H groups in total. The molecule has 0 atom stereocenters. The minimum absolute atomic E-state index is 0.0957. The molecule has 0 aromatic carbocycles. The third-order valence-corrected chi connectivity index (χ3v) is 2.90. The zero-order valence-electron chi connectivity index (χ0n) is 8.19. The molecule has 84 valence electrons. The Hall–Kier alpha value is -1.70. The number of carboxylic acids is 1. The van der Waals surface area contributed by atoms with Gasteiger partial charge in [0.1, 0.15) is 10.9 Å². The number of aromatic amines is 1. The highest BCUT2D eigenvalue weighted by atomic mass is 79.9. The van der Waals surface area contributed by atoms with Crippen molar-refractivity contribution in [3.63, 3.8) is 0 Å². The summed E-state index contributed by atoms with van der Waals surface area (Å²) >= 11 is 3.11. The van der Waals surface area contributed by atoms with Crippen molar-refractivity contribution in [2.24, 2.45) is 0 Å². The predicted octanol–water partition coefficient (Wildman–Crippen LogP) is 0.116. The summed E-state index contributed by atoms with van der Waals surface area (Å²) in [7, 11) is 0. The van der Waals surface area contributed by atoms with Crippen LogP contribution in [0.4, 0.5) is 0 Å². The zero-order chi connectivity index (χ0) is 11.9. The first kappa shape index (κ1) is 10.8. The first-order valence-corrected chi connectivity index (χ1v) is 5.14. The maximum Gasteiger partial charge on any atom is 0.311 e. The zero-order valence-corrected chi connectivity index (χ0v) is 9.78. The molecule has 7 nitrogen and oxygen atoms in total. The Morgan fingerprint density at radius 1 is 1.62 bits per heavy atom. The van der Waals surface area contributed by atoms with Gasteiger partial charge in [-0.3, -0.25) is 9.59 Å². The summed E-state index contributed by atoms with van der Waals surface area (Å²) in [5, 5.41) is 12.4. The molecule has 2 aromatic rings. The normalized spacial score (nSPS) is 10.9. The molecule has 0 saturated heterocycles. The van der Waals surface area contributed by atoms with Crippen molar-refractivity contribution in [1.82, 2.24) is 19.6 Å². The summed E-state index contributed by atoms with van der Waals surface area (Å²) in [5.41, 5.74) is 0.252. The van der Waals surface area contributed by atoms with Gasteiger partial charge in [-0.1, -0.05) is 0 Å². The quantitative estimate of drug-likeness (QED) is 0.816. The number of rotatable bonds is 2.